The van der Waals surface area contributed by atoms with Crippen LogP contribution < -0.4 is 4.90 Å². The Morgan fingerprint density at radius 3 is 2.71 bits per heavy atom. The molecule has 0 unspecified atom stereocenters. The van der Waals surface area contributed by atoms with Crippen LogP contribution in [-0.4, -0.2) is 65.4 Å². The molecule has 3 heterocycles. The summed E-state index contributed by atoms with van der Waals surface area (Å²) in [5.41, 5.74) is 1.45. The van der Waals surface area contributed by atoms with Gasteiger partial charge in [0.15, 0.2) is 0 Å². The van der Waals surface area contributed by atoms with Gasteiger partial charge in [-0.1, -0.05) is 12.1 Å². The Hall–Kier alpha value is -2.80. The number of likely N-dealkylation sites (N-methyl/N-ethyl adjacent to an activating group) is 1. The lowest BCUT2D eigenvalue weighted by Crippen LogP contribution is -2.64. The van der Waals surface area contributed by atoms with E-state index in [0.29, 0.717) is 31.0 Å². The van der Waals surface area contributed by atoms with Crippen LogP contribution in [0.3, 0.4) is 0 Å². The van der Waals surface area contributed by atoms with Crippen LogP contribution in [0.2, 0.25) is 0 Å². The number of pyridine rings is 1. The van der Waals surface area contributed by atoms with Crippen molar-refractivity contribution in [2.24, 2.45) is 0 Å². The third-order valence-electron chi connectivity index (χ3n) is 5.78. The molecule has 6 nitrogen and oxygen atoms in total. The number of hydrogen-bond acceptors (Lipinski definition) is 4. The number of benzene rings is 1. The molecule has 4 rings (SSSR count). The number of likely N-dealkylation sites (tertiary alicyclic amines) is 1. The van der Waals surface area contributed by atoms with Crippen molar-refractivity contribution in [2.75, 3.05) is 38.1 Å². The highest BCUT2D eigenvalue weighted by Gasteiger charge is 2.48. The number of nitrogens with zero attached hydrogens (tertiary/aromatic N) is 4. The molecule has 2 amide bonds. The molecule has 2 aromatic rings. The summed E-state index contributed by atoms with van der Waals surface area (Å²) in [6.45, 7) is 3.64. The summed E-state index contributed by atoms with van der Waals surface area (Å²) in [5, 5.41) is 0. The van der Waals surface area contributed by atoms with E-state index in [0.717, 1.165) is 12.1 Å². The van der Waals surface area contributed by atoms with E-state index in [1.807, 2.05) is 31.0 Å². The summed E-state index contributed by atoms with van der Waals surface area (Å²) in [6, 6.07) is 11.5. The molecule has 1 atom stereocenters. The summed E-state index contributed by atoms with van der Waals surface area (Å²) < 4.78 is 13.7. The molecule has 1 aromatic carbocycles. The lowest BCUT2D eigenvalue weighted by molar-refractivity contribution is -0.123. The van der Waals surface area contributed by atoms with E-state index in [2.05, 4.69) is 4.98 Å². The Kier molecular flexibility index (Phi) is 4.63. The number of hydrogen-bond donors (Lipinski definition) is 0. The predicted octanol–water partition coefficient (Wildman–Crippen LogP) is 2.09. The van der Waals surface area contributed by atoms with E-state index in [1.54, 1.807) is 28.0 Å². The van der Waals surface area contributed by atoms with Crippen molar-refractivity contribution in [3.8, 4) is 0 Å². The predicted molar refractivity (Wildman–Crippen MR) is 104 cm³/mol. The molecule has 146 valence electrons. The number of rotatable bonds is 2. The molecular weight excluding hydrogens is 359 g/mol. The minimum absolute atomic E-state index is 0.0659. The van der Waals surface area contributed by atoms with E-state index < -0.39 is 0 Å². The largest absolute Gasteiger partial charge is 0.335 e. The fourth-order valence-electron chi connectivity index (χ4n) is 4.13. The van der Waals surface area contributed by atoms with Gasteiger partial charge in [0.2, 0.25) is 5.91 Å². The number of aromatic nitrogens is 1. The first-order chi connectivity index (χ1) is 13.4. The molecule has 0 saturated carbocycles. The van der Waals surface area contributed by atoms with Gasteiger partial charge in [0, 0.05) is 31.0 Å². The number of amides is 2. The third-order valence-corrected chi connectivity index (χ3v) is 5.78. The van der Waals surface area contributed by atoms with E-state index in [-0.39, 0.29) is 29.7 Å². The SMILES string of the molecule is Cc1cccc(C(=O)N2CC[C@@]3(C2)CN(c2cccc(F)c2)C(=O)CN3C)n1. The van der Waals surface area contributed by atoms with Gasteiger partial charge in [-0.3, -0.25) is 14.5 Å². The summed E-state index contributed by atoms with van der Waals surface area (Å²) in [6.07, 6.45) is 0.750. The highest BCUT2D eigenvalue weighted by Crippen LogP contribution is 2.34. The first-order valence-electron chi connectivity index (χ1n) is 9.38. The molecule has 1 spiro atoms. The Labute approximate surface area is 163 Å². The zero-order valence-corrected chi connectivity index (χ0v) is 16.1. The van der Waals surface area contributed by atoms with Crippen LogP contribution in [0.15, 0.2) is 42.5 Å². The van der Waals surface area contributed by atoms with Gasteiger partial charge in [0.05, 0.1) is 12.1 Å². The highest BCUT2D eigenvalue weighted by molar-refractivity contribution is 5.96. The van der Waals surface area contributed by atoms with Crippen molar-refractivity contribution in [2.45, 2.75) is 18.9 Å². The van der Waals surface area contributed by atoms with Crippen LogP contribution in [0.1, 0.15) is 22.6 Å². The number of carbonyl (C=O) groups excluding carboxylic acids is 2. The van der Waals surface area contributed by atoms with E-state index in [1.165, 1.54) is 12.1 Å². The van der Waals surface area contributed by atoms with Crippen LogP contribution in [0, 0.1) is 12.7 Å². The van der Waals surface area contributed by atoms with Crippen molar-refractivity contribution in [3.63, 3.8) is 0 Å². The molecule has 2 aliphatic heterocycles. The first kappa shape index (κ1) is 18.6. The highest BCUT2D eigenvalue weighted by atomic mass is 19.1. The normalized spacial score (nSPS) is 22.9. The van der Waals surface area contributed by atoms with Crippen LogP contribution in [0.4, 0.5) is 10.1 Å². The fourth-order valence-corrected chi connectivity index (χ4v) is 4.13. The van der Waals surface area contributed by atoms with Crippen LogP contribution in [-0.2, 0) is 4.79 Å². The summed E-state index contributed by atoms with van der Waals surface area (Å²) >= 11 is 0. The summed E-state index contributed by atoms with van der Waals surface area (Å²) in [7, 11) is 1.92. The maximum atomic E-state index is 13.7. The molecule has 0 radical (unpaired) electrons. The molecule has 0 bridgehead atoms. The topological polar surface area (TPSA) is 56.8 Å². The molecule has 1 aromatic heterocycles. The quantitative estimate of drug-likeness (QED) is 0.798. The van der Waals surface area contributed by atoms with Crippen molar-refractivity contribution in [1.82, 2.24) is 14.8 Å². The lowest BCUT2D eigenvalue weighted by atomic mass is 9.92. The number of piperazine rings is 1. The zero-order valence-electron chi connectivity index (χ0n) is 16.1. The van der Waals surface area contributed by atoms with Crippen LogP contribution >= 0.6 is 0 Å². The fraction of sp³-hybridized carbons (Fsp3) is 0.381. The smallest absolute Gasteiger partial charge is 0.272 e. The van der Waals surface area contributed by atoms with Crippen LogP contribution in [0.25, 0.3) is 0 Å². The zero-order chi connectivity index (χ0) is 19.9. The molecule has 7 heteroatoms. The molecule has 2 saturated heterocycles. The number of aryl methyl sites for hydroxylation is 1. The molecule has 2 fully saturated rings. The third kappa shape index (κ3) is 3.26. The molecule has 2 aliphatic rings. The average Bonchev–Trinajstić information content (AvgIpc) is 3.09. The van der Waals surface area contributed by atoms with Crippen LogP contribution in [0.5, 0.6) is 0 Å². The number of carbonyl (C=O) groups is 2. The number of anilines is 1. The average molecular weight is 382 g/mol. The minimum atomic E-state index is -0.368. The van der Waals surface area contributed by atoms with Crippen molar-refractivity contribution < 1.29 is 14.0 Å². The monoisotopic (exact) mass is 382 g/mol. The second-order valence-electron chi connectivity index (χ2n) is 7.68. The maximum absolute atomic E-state index is 13.7. The summed E-state index contributed by atoms with van der Waals surface area (Å²) in [5.74, 6) is -0.529. The maximum Gasteiger partial charge on any atom is 0.272 e. The Balaban J connectivity index is 1.57. The molecule has 0 aliphatic carbocycles. The minimum Gasteiger partial charge on any atom is -0.335 e. The van der Waals surface area contributed by atoms with Gasteiger partial charge in [-0.2, -0.15) is 0 Å². The van der Waals surface area contributed by atoms with E-state index in [4.69, 9.17) is 0 Å². The van der Waals surface area contributed by atoms with Crippen molar-refractivity contribution >= 4 is 17.5 Å². The molecular formula is C21H23FN4O2. The Bertz CT molecular complexity index is 934. The summed E-state index contributed by atoms with van der Waals surface area (Å²) in [4.78, 5) is 35.3. The van der Waals surface area contributed by atoms with Gasteiger partial charge in [-0.15, -0.1) is 0 Å². The van der Waals surface area contributed by atoms with E-state index in [9.17, 15) is 14.0 Å². The van der Waals surface area contributed by atoms with Gasteiger partial charge < -0.3 is 9.80 Å². The Morgan fingerprint density at radius 2 is 1.96 bits per heavy atom. The lowest BCUT2D eigenvalue weighted by Gasteiger charge is -2.46. The second kappa shape index (κ2) is 6.98. The molecule has 28 heavy (non-hydrogen) atoms. The standard InChI is InChI=1S/C21H23FN4O2/c1-15-5-3-8-18(23-15)20(28)25-10-9-21(13-25)14-26(19(27)12-24(21)2)17-7-4-6-16(22)11-17/h3-8,11H,9-10,12-14H2,1-2H3/t21-/m1/s1. The van der Waals surface area contributed by atoms with Crippen molar-refractivity contribution in [3.05, 3.63) is 59.7 Å². The van der Waals surface area contributed by atoms with Gasteiger partial charge in [0.1, 0.15) is 11.5 Å². The van der Waals surface area contributed by atoms with Gasteiger partial charge in [0.25, 0.3) is 5.91 Å². The molecule has 0 N–H and O–H groups in total. The number of halogens is 1. The van der Waals surface area contributed by atoms with Gasteiger partial charge in [-0.05, 0) is 50.7 Å². The van der Waals surface area contributed by atoms with Gasteiger partial charge in [-0.25, -0.2) is 9.37 Å². The second-order valence-corrected chi connectivity index (χ2v) is 7.68. The Morgan fingerprint density at radius 1 is 1.18 bits per heavy atom. The first-order valence-corrected chi connectivity index (χ1v) is 9.38. The van der Waals surface area contributed by atoms with Gasteiger partial charge >= 0.3 is 0 Å². The van der Waals surface area contributed by atoms with Crippen molar-refractivity contribution in [1.29, 1.82) is 0 Å². The van der Waals surface area contributed by atoms with E-state index >= 15 is 0 Å².